The number of carbonyl (C=O) groups excluding carboxylic acids is 2. The third-order valence-corrected chi connectivity index (χ3v) is 2.72. The van der Waals surface area contributed by atoms with Gasteiger partial charge in [-0.05, 0) is 12.8 Å². The molecule has 0 fully saturated rings. The molecule has 4 heteroatoms. The number of unbranched alkanes of at least 4 members (excludes halogenated alkanes) is 6. The van der Waals surface area contributed by atoms with E-state index in [1.807, 2.05) is 0 Å². The summed E-state index contributed by atoms with van der Waals surface area (Å²) in [6, 6.07) is 0. The molecule has 0 rings (SSSR count). The van der Waals surface area contributed by atoms with E-state index < -0.39 is 5.97 Å². The van der Waals surface area contributed by atoms with E-state index in [0.717, 1.165) is 51.4 Å². The van der Waals surface area contributed by atoms with Gasteiger partial charge in [0.1, 0.15) is 0 Å². The molecule has 0 aromatic carbocycles. The second-order valence-corrected chi connectivity index (χ2v) is 4.43. The number of ketones is 1. The van der Waals surface area contributed by atoms with Crippen molar-refractivity contribution in [3.8, 4) is 0 Å². The van der Waals surface area contributed by atoms with Gasteiger partial charge in [-0.15, -0.1) is 0 Å². The van der Waals surface area contributed by atoms with Crippen LogP contribution in [0.4, 0.5) is 0 Å². The molecule has 0 aliphatic heterocycles. The van der Waals surface area contributed by atoms with Crippen LogP contribution in [0.1, 0.15) is 73.1 Å². The molecule has 0 aromatic rings. The Morgan fingerprint density at radius 2 is 1.44 bits per heavy atom. The first kappa shape index (κ1) is 20.5. The molecule has 0 aliphatic rings. The van der Waals surface area contributed by atoms with Crippen LogP contribution >= 0.6 is 0 Å². The second-order valence-electron chi connectivity index (χ2n) is 4.43. The Morgan fingerprint density at radius 3 is 2.00 bits per heavy atom. The van der Waals surface area contributed by atoms with Gasteiger partial charge in [-0.2, -0.15) is 0 Å². The maximum atomic E-state index is 11.4. The summed E-state index contributed by atoms with van der Waals surface area (Å²) in [7, 11) is 0. The van der Waals surface area contributed by atoms with Crippen molar-refractivity contribution in [2.24, 2.45) is 0 Å². The Labute approximate surface area is 135 Å². The molecule has 0 unspecified atom stereocenters. The smallest absolute Gasteiger partial charge is 1.00 e. The van der Waals surface area contributed by atoms with Gasteiger partial charge in [-0.3, -0.25) is 4.79 Å². The van der Waals surface area contributed by atoms with Crippen molar-refractivity contribution in [1.82, 2.24) is 0 Å². The van der Waals surface area contributed by atoms with E-state index >= 15 is 0 Å². The minimum atomic E-state index is -0.641. The van der Waals surface area contributed by atoms with Crippen molar-refractivity contribution in [1.29, 1.82) is 0 Å². The summed E-state index contributed by atoms with van der Waals surface area (Å²) >= 11 is 0. The molecule has 0 heterocycles. The van der Waals surface area contributed by atoms with E-state index in [0.29, 0.717) is 13.0 Å². The number of hydrogen-bond donors (Lipinski definition) is 0. The molecule has 0 saturated heterocycles. The van der Waals surface area contributed by atoms with Gasteiger partial charge in [-0.25, -0.2) is 4.79 Å². The fourth-order valence-corrected chi connectivity index (χ4v) is 1.59. The van der Waals surface area contributed by atoms with Gasteiger partial charge in [0.2, 0.25) is 5.78 Å². The third kappa shape index (κ3) is 12.6. The monoisotopic (exact) mass is 266 g/mol. The van der Waals surface area contributed by atoms with Crippen LogP contribution in [0.25, 0.3) is 0 Å². The minimum Gasteiger partial charge on any atom is -1.00 e. The van der Waals surface area contributed by atoms with Crippen LogP contribution in [0, 0.1) is 0 Å². The molecule has 0 atom stereocenters. The topological polar surface area (TPSA) is 43.4 Å². The van der Waals surface area contributed by atoms with Gasteiger partial charge in [0.05, 0.1) is 6.61 Å². The van der Waals surface area contributed by atoms with Crippen molar-refractivity contribution in [3.63, 3.8) is 0 Å². The fourth-order valence-electron chi connectivity index (χ4n) is 1.59. The summed E-state index contributed by atoms with van der Waals surface area (Å²) in [6.45, 7) is 4.64. The zero-order valence-corrected chi connectivity index (χ0v) is 14.3. The van der Waals surface area contributed by atoms with E-state index in [-0.39, 0.29) is 36.8 Å². The zero-order valence-electron chi connectivity index (χ0n) is 13.3. The summed E-state index contributed by atoms with van der Waals surface area (Å²) < 4.78 is 4.92. The Morgan fingerprint density at radius 1 is 0.889 bits per heavy atom. The number of rotatable bonds is 11. The number of carbonyl (C=O) groups is 2. The van der Waals surface area contributed by atoms with Gasteiger partial charge in [0.15, 0.2) is 0 Å². The van der Waals surface area contributed by atoms with E-state index in [2.05, 4.69) is 13.8 Å². The molecule has 3 nitrogen and oxygen atoms in total. The third-order valence-electron chi connectivity index (χ3n) is 2.72. The van der Waals surface area contributed by atoms with Gasteiger partial charge < -0.3 is 6.16 Å². The largest absolute Gasteiger partial charge is 1.00 e. The fraction of sp³-hybridized carbons (Fsp3) is 0.857. The van der Waals surface area contributed by atoms with Crippen LogP contribution in [0.15, 0.2) is 0 Å². The summed E-state index contributed by atoms with van der Waals surface area (Å²) in [5.41, 5.74) is 0. The number of esters is 1. The second kappa shape index (κ2) is 15.2. The first-order valence-electron chi connectivity index (χ1n) is 6.92. The van der Waals surface area contributed by atoms with Crippen molar-refractivity contribution < 1.29 is 45.3 Å². The molecule has 0 saturated carbocycles. The number of hydrogen-bond acceptors (Lipinski definition) is 3. The number of ether oxygens (including phenoxy) is 1. The predicted molar refractivity (Wildman–Crippen MR) is 70.0 cm³/mol. The van der Waals surface area contributed by atoms with Gasteiger partial charge in [0, 0.05) is 6.42 Å². The average molecular weight is 266 g/mol. The number of Topliss-reactive ketones (excluding diaryl/α,β-unsaturated/α-hetero) is 1. The maximum Gasteiger partial charge on any atom is 1.00 e. The molecule has 0 N–H and O–H groups in total. The van der Waals surface area contributed by atoms with E-state index in [4.69, 9.17) is 4.74 Å². The Bertz CT molecular complexity index is 223. The van der Waals surface area contributed by atoms with Crippen LogP contribution in [0.3, 0.4) is 0 Å². The summed E-state index contributed by atoms with van der Waals surface area (Å²) in [5, 5.41) is 0. The molecule has 0 aromatic heterocycles. The van der Waals surface area contributed by atoms with E-state index in [1.54, 1.807) is 0 Å². The molecule has 0 radical (unpaired) electrons. The van der Waals surface area contributed by atoms with E-state index in [1.165, 1.54) is 0 Å². The Hall–Kier alpha value is 0.140. The minimum absolute atomic E-state index is 0. The molecule has 0 bridgehead atoms. The Kier molecular flexibility index (Phi) is 17.3. The SMILES string of the molecule is CCCCCCOC(=O)C(=O)CCCCCC.[H-].[Na+]. The van der Waals surface area contributed by atoms with Crippen LogP contribution in [-0.2, 0) is 14.3 Å². The molecule has 0 spiro atoms. The van der Waals surface area contributed by atoms with Gasteiger partial charge in [0.25, 0.3) is 0 Å². The molecular weight excluding hydrogens is 239 g/mol. The van der Waals surface area contributed by atoms with Gasteiger partial charge in [-0.1, -0.05) is 52.4 Å². The Balaban J connectivity index is -0.00000128. The molecule has 0 amide bonds. The predicted octanol–water partition coefficient (Wildman–Crippen LogP) is 0.766. The summed E-state index contributed by atoms with van der Waals surface area (Å²) in [5.74, 6) is -1.01. The first-order chi connectivity index (χ1) is 8.22. The van der Waals surface area contributed by atoms with Crippen molar-refractivity contribution in [2.75, 3.05) is 6.61 Å². The maximum absolute atomic E-state index is 11.4. The standard InChI is InChI=1S/C14H26O3.Na.H/c1-3-5-7-9-11-13(15)14(16)17-12-10-8-6-4-2;;/h3-12H2,1-2H3;;/q;+1;-1. The van der Waals surface area contributed by atoms with Crippen molar-refractivity contribution >= 4 is 11.8 Å². The summed E-state index contributed by atoms with van der Waals surface area (Å²) in [4.78, 5) is 22.6. The van der Waals surface area contributed by atoms with Crippen LogP contribution in [-0.4, -0.2) is 18.4 Å². The normalized spacial score (nSPS) is 9.67. The molecular formula is C14H27NaO3. The van der Waals surface area contributed by atoms with Crippen LogP contribution in [0.2, 0.25) is 0 Å². The van der Waals surface area contributed by atoms with Crippen molar-refractivity contribution in [2.45, 2.75) is 71.6 Å². The van der Waals surface area contributed by atoms with Gasteiger partial charge >= 0.3 is 35.5 Å². The molecule has 102 valence electrons. The molecule has 0 aliphatic carbocycles. The van der Waals surface area contributed by atoms with Crippen LogP contribution in [0.5, 0.6) is 0 Å². The first-order valence-corrected chi connectivity index (χ1v) is 6.92. The summed E-state index contributed by atoms with van der Waals surface area (Å²) in [6.07, 6.45) is 8.66. The van der Waals surface area contributed by atoms with Crippen molar-refractivity contribution in [3.05, 3.63) is 0 Å². The average Bonchev–Trinajstić information content (AvgIpc) is 2.34. The van der Waals surface area contributed by atoms with Crippen LogP contribution < -0.4 is 29.6 Å². The molecule has 18 heavy (non-hydrogen) atoms. The van der Waals surface area contributed by atoms with E-state index in [9.17, 15) is 9.59 Å². The zero-order chi connectivity index (χ0) is 12.9. The quantitative estimate of drug-likeness (QED) is 0.240.